The highest BCUT2D eigenvalue weighted by atomic mass is 32.2. The second kappa shape index (κ2) is 10.0. The van der Waals surface area contributed by atoms with E-state index in [9.17, 15) is 9.59 Å². The second-order valence-electron chi connectivity index (χ2n) is 6.88. The molecule has 0 aliphatic rings. The fourth-order valence-corrected chi connectivity index (χ4v) is 3.85. The number of benzene rings is 2. The lowest BCUT2D eigenvalue weighted by atomic mass is 10.1. The van der Waals surface area contributed by atoms with Crippen molar-refractivity contribution in [1.82, 2.24) is 20.1 Å². The zero-order chi connectivity index (χ0) is 21.5. The Balaban J connectivity index is 1.72. The highest BCUT2D eigenvalue weighted by Crippen LogP contribution is 2.22. The van der Waals surface area contributed by atoms with Crippen molar-refractivity contribution in [3.63, 3.8) is 0 Å². The smallest absolute Gasteiger partial charge is 0.251 e. The Hall–Kier alpha value is -3.19. The van der Waals surface area contributed by atoms with Crippen LogP contribution in [0.2, 0.25) is 0 Å². The molecular formula is C23H24N4O2S. The third kappa shape index (κ3) is 5.24. The molecule has 1 amide bonds. The fourth-order valence-electron chi connectivity index (χ4n) is 3.00. The van der Waals surface area contributed by atoms with Gasteiger partial charge in [-0.15, -0.1) is 16.8 Å². The van der Waals surface area contributed by atoms with Crippen molar-refractivity contribution in [2.24, 2.45) is 0 Å². The van der Waals surface area contributed by atoms with Gasteiger partial charge in [0.05, 0.1) is 11.8 Å². The average molecular weight is 421 g/mol. The van der Waals surface area contributed by atoms with E-state index in [0.29, 0.717) is 28.7 Å². The summed E-state index contributed by atoms with van der Waals surface area (Å²) < 4.78 is 1.87. The molecule has 2 aromatic carbocycles. The molecular weight excluding hydrogens is 396 g/mol. The maximum absolute atomic E-state index is 12.6. The van der Waals surface area contributed by atoms with Gasteiger partial charge in [0.1, 0.15) is 0 Å². The zero-order valence-electron chi connectivity index (χ0n) is 17.0. The van der Waals surface area contributed by atoms with Crippen molar-refractivity contribution >= 4 is 23.5 Å². The molecule has 3 rings (SSSR count). The third-order valence-corrected chi connectivity index (χ3v) is 5.47. The Bertz CT molecular complexity index is 1050. The van der Waals surface area contributed by atoms with E-state index < -0.39 is 0 Å². The van der Waals surface area contributed by atoms with Crippen LogP contribution in [0.1, 0.15) is 45.1 Å². The van der Waals surface area contributed by atoms with Gasteiger partial charge < -0.3 is 9.88 Å². The second-order valence-corrected chi connectivity index (χ2v) is 7.83. The minimum absolute atomic E-state index is 0.0242. The average Bonchev–Trinajstić information content (AvgIpc) is 3.15. The van der Waals surface area contributed by atoms with Gasteiger partial charge in [0, 0.05) is 17.7 Å². The molecule has 0 bridgehead atoms. The third-order valence-electron chi connectivity index (χ3n) is 4.50. The predicted octanol–water partition coefficient (Wildman–Crippen LogP) is 4.24. The van der Waals surface area contributed by atoms with Gasteiger partial charge in [-0.25, -0.2) is 0 Å². The highest BCUT2D eigenvalue weighted by molar-refractivity contribution is 7.99. The molecule has 3 aromatic rings. The number of nitrogens with one attached hydrogen (secondary N) is 1. The van der Waals surface area contributed by atoms with E-state index in [0.717, 1.165) is 5.56 Å². The number of nitrogens with zero attached hydrogens (tertiary/aromatic N) is 3. The van der Waals surface area contributed by atoms with Gasteiger partial charge in [0.2, 0.25) is 0 Å². The standard InChI is InChI=1S/C23H24N4O2S/c1-4-13-27-21(17(3)24-22(29)19-12-8-9-16(2)14-19)25-26-23(27)30-15-20(28)18-10-6-5-7-11-18/h4-12,14,17H,1,13,15H2,2-3H3,(H,24,29). The molecule has 1 unspecified atom stereocenters. The Labute approximate surface area is 180 Å². The quantitative estimate of drug-likeness (QED) is 0.318. The van der Waals surface area contributed by atoms with Crippen LogP contribution in [0.4, 0.5) is 0 Å². The van der Waals surface area contributed by atoms with Crippen LogP contribution in [0, 0.1) is 6.92 Å². The molecule has 154 valence electrons. The van der Waals surface area contributed by atoms with Crippen molar-refractivity contribution in [2.45, 2.75) is 31.6 Å². The maximum Gasteiger partial charge on any atom is 0.251 e. The van der Waals surface area contributed by atoms with Gasteiger partial charge in [-0.3, -0.25) is 9.59 Å². The van der Waals surface area contributed by atoms with Crippen LogP contribution >= 0.6 is 11.8 Å². The molecule has 0 saturated heterocycles. The molecule has 0 aliphatic heterocycles. The summed E-state index contributed by atoms with van der Waals surface area (Å²) in [5.74, 6) is 0.720. The van der Waals surface area contributed by atoms with Crippen LogP contribution in [-0.2, 0) is 6.54 Å². The minimum Gasteiger partial charge on any atom is -0.342 e. The molecule has 0 spiro atoms. The van der Waals surface area contributed by atoms with E-state index in [1.54, 1.807) is 24.3 Å². The summed E-state index contributed by atoms with van der Waals surface area (Å²) in [6.45, 7) is 8.09. The van der Waals surface area contributed by atoms with Gasteiger partial charge in [0.25, 0.3) is 5.91 Å². The summed E-state index contributed by atoms with van der Waals surface area (Å²) >= 11 is 1.32. The monoisotopic (exact) mass is 420 g/mol. The van der Waals surface area contributed by atoms with E-state index in [1.807, 2.05) is 54.8 Å². The molecule has 0 radical (unpaired) electrons. The molecule has 30 heavy (non-hydrogen) atoms. The van der Waals surface area contributed by atoms with Crippen molar-refractivity contribution < 1.29 is 9.59 Å². The first-order chi connectivity index (χ1) is 14.5. The molecule has 0 fully saturated rings. The van der Waals surface area contributed by atoms with Crippen LogP contribution in [0.15, 0.2) is 72.4 Å². The normalized spacial score (nSPS) is 11.7. The fraction of sp³-hybridized carbons (Fsp3) is 0.217. The summed E-state index contributed by atoms with van der Waals surface area (Å²) in [6, 6.07) is 16.2. The van der Waals surface area contributed by atoms with E-state index in [-0.39, 0.29) is 23.5 Å². The van der Waals surface area contributed by atoms with Crippen molar-refractivity contribution in [3.05, 3.63) is 89.8 Å². The van der Waals surface area contributed by atoms with Crippen LogP contribution in [0.5, 0.6) is 0 Å². The molecule has 6 nitrogen and oxygen atoms in total. The Morgan fingerprint density at radius 3 is 2.57 bits per heavy atom. The van der Waals surface area contributed by atoms with Crippen LogP contribution in [0.3, 0.4) is 0 Å². The molecule has 1 atom stereocenters. The first-order valence-corrected chi connectivity index (χ1v) is 10.6. The summed E-state index contributed by atoms with van der Waals surface area (Å²) in [7, 11) is 0. The number of ketones is 1. The van der Waals surface area contributed by atoms with Crippen molar-refractivity contribution in [3.8, 4) is 0 Å². The van der Waals surface area contributed by atoms with Crippen molar-refractivity contribution in [1.29, 1.82) is 0 Å². The van der Waals surface area contributed by atoms with Crippen LogP contribution in [0.25, 0.3) is 0 Å². The van der Waals surface area contributed by atoms with Gasteiger partial charge in [0.15, 0.2) is 16.8 Å². The van der Waals surface area contributed by atoms with Gasteiger partial charge in [-0.05, 0) is 26.0 Å². The predicted molar refractivity (Wildman–Crippen MR) is 119 cm³/mol. The lowest BCUT2D eigenvalue weighted by Crippen LogP contribution is -2.28. The number of amides is 1. The molecule has 0 aliphatic carbocycles. The van der Waals surface area contributed by atoms with Crippen molar-refractivity contribution in [2.75, 3.05) is 5.75 Å². The molecule has 1 aromatic heterocycles. The topological polar surface area (TPSA) is 76.9 Å². The number of carbonyl (C=O) groups excluding carboxylic acids is 2. The number of carbonyl (C=O) groups is 2. The summed E-state index contributed by atoms with van der Waals surface area (Å²) in [4.78, 5) is 25.0. The number of aromatic nitrogens is 3. The summed E-state index contributed by atoms with van der Waals surface area (Å²) in [6.07, 6.45) is 1.74. The lowest BCUT2D eigenvalue weighted by molar-refractivity contribution is 0.0936. The number of allylic oxidation sites excluding steroid dienone is 1. The number of rotatable bonds is 9. The highest BCUT2D eigenvalue weighted by Gasteiger charge is 2.20. The first kappa shape index (κ1) is 21.5. The Morgan fingerprint density at radius 2 is 1.87 bits per heavy atom. The number of aryl methyl sites for hydroxylation is 1. The molecule has 1 heterocycles. The zero-order valence-corrected chi connectivity index (χ0v) is 17.9. The maximum atomic E-state index is 12.6. The van der Waals surface area contributed by atoms with Gasteiger partial charge in [-0.2, -0.15) is 0 Å². The molecule has 7 heteroatoms. The molecule has 0 saturated carbocycles. The number of hydrogen-bond donors (Lipinski definition) is 1. The Morgan fingerprint density at radius 1 is 1.13 bits per heavy atom. The van der Waals surface area contributed by atoms with E-state index in [4.69, 9.17) is 0 Å². The largest absolute Gasteiger partial charge is 0.342 e. The van der Waals surface area contributed by atoms with E-state index >= 15 is 0 Å². The number of Topliss-reactive ketones (excluding diaryl/α,β-unsaturated/α-hetero) is 1. The van der Waals surface area contributed by atoms with E-state index in [2.05, 4.69) is 22.1 Å². The van der Waals surface area contributed by atoms with Gasteiger partial charge in [-0.1, -0.05) is 65.9 Å². The molecule has 1 N–H and O–H groups in total. The lowest BCUT2D eigenvalue weighted by Gasteiger charge is -2.15. The van der Waals surface area contributed by atoms with Crippen LogP contribution < -0.4 is 5.32 Å². The van der Waals surface area contributed by atoms with E-state index in [1.165, 1.54) is 11.8 Å². The summed E-state index contributed by atoms with van der Waals surface area (Å²) in [5, 5.41) is 12.1. The summed E-state index contributed by atoms with van der Waals surface area (Å²) in [5.41, 5.74) is 2.28. The number of hydrogen-bond acceptors (Lipinski definition) is 5. The SMILES string of the molecule is C=CCn1c(SCC(=O)c2ccccc2)nnc1C(C)NC(=O)c1cccc(C)c1. The number of thioether (sulfide) groups is 1. The van der Waals surface area contributed by atoms with Gasteiger partial charge >= 0.3 is 0 Å². The first-order valence-electron chi connectivity index (χ1n) is 9.62. The van der Waals surface area contributed by atoms with Crippen LogP contribution in [-0.4, -0.2) is 32.2 Å². The minimum atomic E-state index is -0.357. The Kier molecular flexibility index (Phi) is 7.19.